The highest BCUT2D eigenvalue weighted by molar-refractivity contribution is 7.92. The molecule has 0 aliphatic rings. The van der Waals surface area contributed by atoms with E-state index in [1.165, 1.54) is 6.92 Å². The zero-order chi connectivity index (χ0) is 9.78. The van der Waals surface area contributed by atoms with Crippen molar-refractivity contribution in [2.24, 2.45) is 0 Å². The highest BCUT2D eigenvalue weighted by Gasteiger charge is 2.22. The largest absolute Gasteiger partial charge is 0.355 e. The molecule has 72 valence electrons. The van der Waals surface area contributed by atoms with E-state index in [9.17, 15) is 13.2 Å². The van der Waals surface area contributed by atoms with E-state index in [0.29, 0.717) is 6.54 Å². The van der Waals surface area contributed by atoms with Gasteiger partial charge >= 0.3 is 0 Å². The molecule has 5 heteroatoms. The standard InChI is InChI=1S/C7H15NO3S/c1-4-5-8-7(9)6(2)12(3,10)11/h6H,4-5H2,1-3H3,(H,8,9). The molecule has 12 heavy (non-hydrogen) atoms. The van der Waals surface area contributed by atoms with Gasteiger partial charge in [0.25, 0.3) is 0 Å². The highest BCUT2D eigenvalue weighted by Crippen LogP contribution is 1.96. The molecular formula is C7H15NO3S. The van der Waals surface area contributed by atoms with Crippen LogP contribution in [0.4, 0.5) is 0 Å². The van der Waals surface area contributed by atoms with Crippen molar-refractivity contribution in [3.05, 3.63) is 0 Å². The summed E-state index contributed by atoms with van der Waals surface area (Å²) in [5.74, 6) is -0.417. The van der Waals surface area contributed by atoms with Gasteiger partial charge in [0.1, 0.15) is 5.25 Å². The van der Waals surface area contributed by atoms with Crippen LogP contribution in [0.1, 0.15) is 20.3 Å². The third-order valence-electron chi connectivity index (χ3n) is 1.56. The van der Waals surface area contributed by atoms with E-state index in [2.05, 4.69) is 5.32 Å². The minimum Gasteiger partial charge on any atom is -0.355 e. The molecule has 0 bridgehead atoms. The first-order chi connectivity index (χ1) is 5.39. The lowest BCUT2D eigenvalue weighted by Crippen LogP contribution is -2.37. The van der Waals surface area contributed by atoms with Crippen LogP contribution in [0, 0.1) is 0 Å². The number of nitrogens with one attached hydrogen (secondary N) is 1. The summed E-state index contributed by atoms with van der Waals surface area (Å²) in [7, 11) is -3.24. The smallest absolute Gasteiger partial charge is 0.238 e. The normalized spacial score (nSPS) is 13.9. The van der Waals surface area contributed by atoms with Crippen molar-refractivity contribution in [1.29, 1.82) is 0 Å². The second-order valence-corrected chi connectivity index (χ2v) is 5.13. The summed E-state index contributed by atoms with van der Waals surface area (Å²) in [5.41, 5.74) is 0. The Bertz CT molecular complexity index is 245. The van der Waals surface area contributed by atoms with Gasteiger partial charge in [0.2, 0.25) is 5.91 Å². The second-order valence-electron chi connectivity index (χ2n) is 2.76. The third-order valence-corrected chi connectivity index (χ3v) is 3.06. The molecule has 0 aliphatic heterocycles. The fourth-order valence-electron chi connectivity index (χ4n) is 0.586. The molecule has 0 fully saturated rings. The Morgan fingerprint density at radius 2 is 2.00 bits per heavy atom. The number of carbonyl (C=O) groups excluding carboxylic acids is 1. The second kappa shape index (κ2) is 4.45. The summed E-state index contributed by atoms with van der Waals surface area (Å²) in [6, 6.07) is 0. The lowest BCUT2D eigenvalue weighted by molar-refractivity contribution is -0.120. The summed E-state index contributed by atoms with van der Waals surface area (Å²) in [6.07, 6.45) is 1.87. The van der Waals surface area contributed by atoms with Crippen molar-refractivity contribution in [3.8, 4) is 0 Å². The number of hydrogen-bond donors (Lipinski definition) is 1. The van der Waals surface area contributed by atoms with Gasteiger partial charge < -0.3 is 5.32 Å². The molecule has 1 unspecified atom stereocenters. The summed E-state index contributed by atoms with van der Waals surface area (Å²) in [6.45, 7) is 3.82. The van der Waals surface area contributed by atoms with E-state index >= 15 is 0 Å². The number of amides is 1. The van der Waals surface area contributed by atoms with Crippen molar-refractivity contribution in [2.75, 3.05) is 12.8 Å². The van der Waals surface area contributed by atoms with Gasteiger partial charge in [0.05, 0.1) is 0 Å². The molecule has 4 nitrogen and oxygen atoms in total. The molecule has 0 aromatic carbocycles. The van der Waals surface area contributed by atoms with E-state index in [1.54, 1.807) is 0 Å². The maximum atomic E-state index is 11.1. The fourth-order valence-corrected chi connectivity index (χ4v) is 1.06. The quantitative estimate of drug-likeness (QED) is 0.680. The molecule has 1 amide bonds. The van der Waals surface area contributed by atoms with E-state index in [-0.39, 0.29) is 0 Å². The lowest BCUT2D eigenvalue weighted by Gasteiger charge is -2.08. The Balaban J connectivity index is 4.12. The summed E-state index contributed by atoms with van der Waals surface area (Å²) >= 11 is 0. The maximum Gasteiger partial charge on any atom is 0.238 e. The monoisotopic (exact) mass is 193 g/mol. The van der Waals surface area contributed by atoms with Crippen molar-refractivity contribution in [2.45, 2.75) is 25.5 Å². The molecule has 1 N–H and O–H groups in total. The molecule has 0 aliphatic carbocycles. The molecule has 0 aromatic heterocycles. The predicted octanol–water partition coefficient (Wildman–Crippen LogP) is -0.0543. The molecule has 0 aromatic rings. The van der Waals surface area contributed by atoms with Crippen LogP contribution >= 0.6 is 0 Å². The molecule has 0 rings (SSSR count). The number of sulfone groups is 1. The van der Waals surface area contributed by atoms with Crippen LogP contribution in [-0.2, 0) is 14.6 Å². The topological polar surface area (TPSA) is 63.2 Å². The molecule has 0 heterocycles. The minimum atomic E-state index is -3.24. The average Bonchev–Trinajstić information content (AvgIpc) is 1.97. The van der Waals surface area contributed by atoms with Gasteiger partial charge in [-0.3, -0.25) is 4.79 Å². The van der Waals surface area contributed by atoms with E-state index in [0.717, 1.165) is 12.7 Å². The highest BCUT2D eigenvalue weighted by atomic mass is 32.2. The van der Waals surface area contributed by atoms with E-state index in [4.69, 9.17) is 0 Å². The first-order valence-electron chi connectivity index (χ1n) is 3.86. The Morgan fingerprint density at radius 1 is 1.50 bits per heavy atom. The van der Waals surface area contributed by atoms with Crippen LogP contribution in [0.5, 0.6) is 0 Å². The zero-order valence-electron chi connectivity index (χ0n) is 7.62. The van der Waals surface area contributed by atoms with E-state index in [1.807, 2.05) is 6.92 Å². The third kappa shape index (κ3) is 3.71. The predicted molar refractivity (Wildman–Crippen MR) is 47.6 cm³/mol. The summed E-state index contributed by atoms with van der Waals surface area (Å²) in [5, 5.41) is 1.58. The Morgan fingerprint density at radius 3 is 2.33 bits per heavy atom. The molecule has 0 saturated heterocycles. The average molecular weight is 193 g/mol. The Kier molecular flexibility index (Phi) is 4.23. The first kappa shape index (κ1) is 11.4. The summed E-state index contributed by atoms with van der Waals surface area (Å²) in [4.78, 5) is 11.1. The Hall–Kier alpha value is -0.580. The van der Waals surface area contributed by atoms with Gasteiger partial charge in [-0.05, 0) is 13.3 Å². The van der Waals surface area contributed by atoms with Gasteiger partial charge in [-0.2, -0.15) is 0 Å². The maximum absolute atomic E-state index is 11.1. The van der Waals surface area contributed by atoms with E-state index < -0.39 is 21.0 Å². The number of hydrogen-bond acceptors (Lipinski definition) is 3. The fraction of sp³-hybridized carbons (Fsp3) is 0.857. The van der Waals surface area contributed by atoms with Crippen LogP contribution in [0.15, 0.2) is 0 Å². The zero-order valence-corrected chi connectivity index (χ0v) is 8.44. The molecule has 0 radical (unpaired) electrons. The molecule has 1 atom stereocenters. The van der Waals surface area contributed by atoms with Crippen LogP contribution < -0.4 is 5.32 Å². The van der Waals surface area contributed by atoms with Gasteiger partial charge in [0.15, 0.2) is 9.84 Å². The summed E-state index contributed by atoms with van der Waals surface area (Å²) < 4.78 is 21.7. The molecular weight excluding hydrogens is 178 g/mol. The molecule has 0 spiro atoms. The van der Waals surface area contributed by atoms with Gasteiger partial charge in [0, 0.05) is 12.8 Å². The Labute approximate surface area is 73.3 Å². The number of carbonyl (C=O) groups is 1. The van der Waals surface area contributed by atoms with Crippen molar-refractivity contribution >= 4 is 15.7 Å². The SMILES string of the molecule is CCCNC(=O)C(C)S(C)(=O)=O. The van der Waals surface area contributed by atoms with Crippen molar-refractivity contribution < 1.29 is 13.2 Å². The van der Waals surface area contributed by atoms with Crippen LogP contribution in [0.25, 0.3) is 0 Å². The van der Waals surface area contributed by atoms with Crippen LogP contribution in [0.2, 0.25) is 0 Å². The van der Waals surface area contributed by atoms with Crippen molar-refractivity contribution in [3.63, 3.8) is 0 Å². The minimum absolute atomic E-state index is 0.417. The van der Waals surface area contributed by atoms with Gasteiger partial charge in [-0.15, -0.1) is 0 Å². The van der Waals surface area contributed by atoms with Crippen LogP contribution in [0.3, 0.4) is 0 Å². The first-order valence-corrected chi connectivity index (χ1v) is 5.81. The number of rotatable bonds is 4. The van der Waals surface area contributed by atoms with Gasteiger partial charge in [-0.25, -0.2) is 8.42 Å². The van der Waals surface area contributed by atoms with Crippen molar-refractivity contribution in [1.82, 2.24) is 5.32 Å². The lowest BCUT2D eigenvalue weighted by atomic mass is 10.4. The van der Waals surface area contributed by atoms with Gasteiger partial charge in [-0.1, -0.05) is 6.92 Å². The molecule has 0 saturated carbocycles. The van der Waals surface area contributed by atoms with Crippen LogP contribution in [-0.4, -0.2) is 32.4 Å².